The minimum absolute atomic E-state index is 0.272. The Morgan fingerprint density at radius 1 is 1.08 bits per heavy atom. The average Bonchev–Trinajstić information content (AvgIpc) is 2.54. The molecule has 0 radical (unpaired) electrons. The summed E-state index contributed by atoms with van der Waals surface area (Å²) in [7, 11) is 3.07. The normalized spacial score (nSPS) is 11.0. The van der Waals surface area contributed by atoms with Gasteiger partial charge >= 0.3 is 0 Å². The molecule has 0 aliphatic heterocycles. The van der Waals surface area contributed by atoms with Crippen LogP contribution in [0.1, 0.15) is 37.1 Å². The predicted molar refractivity (Wildman–Crippen MR) is 102 cm³/mol. The molecule has 1 aromatic carbocycles. The van der Waals surface area contributed by atoms with Gasteiger partial charge in [-0.2, -0.15) is 0 Å². The van der Waals surface area contributed by atoms with Crippen LogP contribution in [0, 0.1) is 6.92 Å². The molecule has 0 bridgehead atoms. The van der Waals surface area contributed by atoms with Crippen molar-refractivity contribution in [3.8, 4) is 11.5 Å². The second kappa shape index (κ2) is 7.78. The standard InChI is InChI=1S/C18H23ClN4O3/c1-10-20-13(17(24)23-18(2,3)4)9-16(21-10)22-12-8-14(25-5)11(19)7-15(12)26-6/h7-9H,1-6H3,(H,23,24)(H,20,21,22). The van der Waals surface area contributed by atoms with Gasteiger partial charge in [0.2, 0.25) is 0 Å². The van der Waals surface area contributed by atoms with Crippen LogP contribution >= 0.6 is 11.6 Å². The molecule has 0 aliphatic rings. The van der Waals surface area contributed by atoms with Gasteiger partial charge in [0.15, 0.2) is 0 Å². The second-order valence-corrected chi connectivity index (χ2v) is 7.11. The molecule has 0 spiro atoms. The number of hydrogen-bond donors (Lipinski definition) is 2. The fourth-order valence-electron chi connectivity index (χ4n) is 2.25. The molecule has 140 valence electrons. The van der Waals surface area contributed by atoms with E-state index in [-0.39, 0.29) is 17.1 Å². The van der Waals surface area contributed by atoms with Gasteiger partial charge in [-0.05, 0) is 27.7 Å². The summed E-state index contributed by atoms with van der Waals surface area (Å²) in [6.07, 6.45) is 0. The van der Waals surface area contributed by atoms with E-state index in [4.69, 9.17) is 21.1 Å². The van der Waals surface area contributed by atoms with Gasteiger partial charge in [-0.25, -0.2) is 9.97 Å². The monoisotopic (exact) mass is 378 g/mol. The molecular weight excluding hydrogens is 356 g/mol. The first-order valence-electron chi connectivity index (χ1n) is 7.99. The van der Waals surface area contributed by atoms with Crippen LogP contribution in [0.15, 0.2) is 18.2 Å². The van der Waals surface area contributed by atoms with Crippen LogP contribution in [0.25, 0.3) is 0 Å². The molecule has 0 aliphatic carbocycles. The van der Waals surface area contributed by atoms with Crippen LogP contribution in [0.5, 0.6) is 11.5 Å². The average molecular weight is 379 g/mol. The number of aryl methyl sites for hydroxylation is 1. The van der Waals surface area contributed by atoms with Gasteiger partial charge < -0.3 is 20.1 Å². The van der Waals surface area contributed by atoms with Gasteiger partial charge in [0.25, 0.3) is 5.91 Å². The van der Waals surface area contributed by atoms with Crippen LogP contribution in [-0.2, 0) is 0 Å². The highest BCUT2D eigenvalue weighted by atomic mass is 35.5. The minimum Gasteiger partial charge on any atom is -0.495 e. The lowest BCUT2D eigenvalue weighted by Gasteiger charge is -2.20. The highest BCUT2D eigenvalue weighted by Crippen LogP contribution is 2.37. The van der Waals surface area contributed by atoms with E-state index in [0.717, 1.165) is 0 Å². The molecular formula is C18H23ClN4O3. The van der Waals surface area contributed by atoms with Crippen LogP contribution in [0.4, 0.5) is 11.5 Å². The Hall–Kier alpha value is -2.54. The van der Waals surface area contributed by atoms with Crippen molar-refractivity contribution in [3.05, 3.63) is 34.7 Å². The highest BCUT2D eigenvalue weighted by molar-refractivity contribution is 6.32. The number of benzene rings is 1. The number of anilines is 2. The lowest BCUT2D eigenvalue weighted by atomic mass is 10.1. The molecule has 2 rings (SSSR count). The van der Waals surface area contributed by atoms with Gasteiger partial charge in [-0.1, -0.05) is 11.6 Å². The summed E-state index contributed by atoms with van der Waals surface area (Å²) in [5.74, 6) is 1.67. The largest absolute Gasteiger partial charge is 0.495 e. The smallest absolute Gasteiger partial charge is 0.270 e. The number of ether oxygens (including phenoxy) is 2. The Bertz CT molecular complexity index is 819. The van der Waals surface area contributed by atoms with Crippen molar-refractivity contribution >= 4 is 29.0 Å². The maximum absolute atomic E-state index is 12.4. The topological polar surface area (TPSA) is 85.4 Å². The second-order valence-electron chi connectivity index (χ2n) is 6.70. The minimum atomic E-state index is -0.365. The molecule has 0 saturated heterocycles. The number of nitrogens with one attached hydrogen (secondary N) is 2. The van der Waals surface area contributed by atoms with Gasteiger partial charge in [-0.3, -0.25) is 4.79 Å². The highest BCUT2D eigenvalue weighted by Gasteiger charge is 2.18. The van der Waals surface area contributed by atoms with Gasteiger partial charge in [0.1, 0.15) is 28.8 Å². The third-order valence-electron chi connectivity index (χ3n) is 3.30. The summed E-state index contributed by atoms with van der Waals surface area (Å²) in [5, 5.41) is 6.44. The summed E-state index contributed by atoms with van der Waals surface area (Å²) in [6.45, 7) is 7.44. The number of amides is 1. The molecule has 7 nitrogen and oxygen atoms in total. The van der Waals surface area contributed by atoms with Gasteiger partial charge in [0, 0.05) is 23.7 Å². The lowest BCUT2D eigenvalue weighted by molar-refractivity contribution is 0.0914. The maximum Gasteiger partial charge on any atom is 0.270 e. The van der Waals surface area contributed by atoms with E-state index in [9.17, 15) is 4.79 Å². The van der Waals surface area contributed by atoms with Crippen molar-refractivity contribution in [2.45, 2.75) is 33.2 Å². The van der Waals surface area contributed by atoms with Crippen molar-refractivity contribution in [1.29, 1.82) is 0 Å². The zero-order chi connectivity index (χ0) is 19.5. The Kier molecular flexibility index (Phi) is 5.92. The summed E-state index contributed by atoms with van der Waals surface area (Å²) < 4.78 is 10.6. The van der Waals surface area contributed by atoms with Crippen molar-refractivity contribution in [3.63, 3.8) is 0 Å². The summed E-state index contributed by atoms with van der Waals surface area (Å²) >= 11 is 6.13. The molecule has 0 atom stereocenters. The van der Waals surface area contributed by atoms with E-state index in [1.54, 1.807) is 25.1 Å². The van der Waals surface area contributed by atoms with Crippen molar-refractivity contribution in [2.75, 3.05) is 19.5 Å². The molecule has 26 heavy (non-hydrogen) atoms. The number of carbonyl (C=O) groups excluding carboxylic acids is 1. The van der Waals surface area contributed by atoms with Crippen molar-refractivity contribution < 1.29 is 14.3 Å². The SMILES string of the molecule is COc1cc(Nc2cc(C(=O)NC(C)(C)C)nc(C)n2)c(OC)cc1Cl. The van der Waals surface area contributed by atoms with E-state index >= 15 is 0 Å². The third-order valence-corrected chi connectivity index (χ3v) is 3.59. The Labute approximate surface area is 158 Å². The Morgan fingerprint density at radius 3 is 2.31 bits per heavy atom. The molecule has 0 unspecified atom stereocenters. The van der Waals surface area contributed by atoms with Crippen LogP contribution < -0.4 is 20.1 Å². The fourth-order valence-corrected chi connectivity index (χ4v) is 2.48. The first-order chi connectivity index (χ1) is 12.1. The van der Waals surface area contributed by atoms with Crippen molar-refractivity contribution in [2.24, 2.45) is 0 Å². The molecule has 0 saturated carbocycles. The summed E-state index contributed by atoms with van der Waals surface area (Å²) in [6, 6.07) is 4.92. The first-order valence-corrected chi connectivity index (χ1v) is 8.37. The number of nitrogens with zero attached hydrogens (tertiary/aromatic N) is 2. The number of hydrogen-bond acceptors (Lipinski definition) is 6. The number of halogens is 1. The molecule has 2 aromatic rings. The lowest BCUT2D eigenvalue weighted by Crippen LogP contribution is -2.41. The molecule has 0 fully saturated rings. The van der Waals surface area contributed by atoms with Crippen LogP contribution in [-0.4, -0.2) is 35.6 Å². The molecule has 2 N–H and O–H groups in total. The Balaban J connectivity index is 2.37. The Morgan fingerprint density at radius 2 is 1.73 bits per heavy atom. The van der Waals surface area contributed by atoms with E-state index < -0.39 is 0 Å². The van der Waals surface area contributed by atoms with Crippen LogP contribution in [0.3, 0.4) is 0 Å². The first kappa shape index (κ1) is 19.8. The van der Waals surface area contributed by atoms with Crippen molar-refractivity contribution in [1.82, 2.24) is 15.3 Å². The number of methoxy groups -OCH3 is 2. The zero-order valence-corrected chi connectivity index (χ0v) is 16.5. The summed E-state index contributed by atoms with van der Waals surface area (Å²) in [5.41, 5.74) is 0.514. The summed E-state index contributed by atoms with van der Waals surface area (Å²) in [4.78, 5) is 20.9. The van der Waals surface area contributed by atoms with E-state index in [2.05, 4.69) is 20.6 Å². The van der Waals surface area contributed by atoms with Gasteiger partial charge in [-0.15, -0.1) is 0 Å². The van der Waals surface area contributed by atoms with Gasteiger partial charge in [0.05, 0.1) is 24.9 Å². The number of aromatic nitrogens is 2. The zero-order valence-electron chi connectivity index (χ0n) is 15.7. The predicted octanol–water partition coefficient (Wildman–Crippen LogP) is 3.73. The van der Waals surface area contributed by atoms with E-state index in [1.807, 2.05) is 20.8 Å². The van der Waals surface area contributed by atoms with Crippen LogP contribution in [0.2, 0.25) is 5.02 Å². The third kappa shape index (κ3) is 4.98. The number of rotatable bonds is 5. The van der Waals surface area contributed by atoms with E-state index in [1.165, 1.54) is 14.2 Å². The molecule has 1 heterocycles. The molecule has 8 heteroatoms. The quantitative estimate of drug-likeness (QED) is 0.824. The fraction of sp³-hybridized carbons (Fsp3) is 0.389. The maximum atomic E-state index is 12.4. The number of carbonyl (C=O) groups is 1. The molecule has 1 aromatic heterocycles. The molecule has 1 amide bonds. The van der Waals surface area contributed by atoms with E-state index in [0.29, 0.717) is 33.9 Å².